The number of nitrogens with zero attached hydrogens (tertiary/aromatic N) is 1. The van der Waals surface area contributed by atoms with E-state index in [4.69, 9.17) is 14.7 Å². The third-order valence-corrected chi connectivity index (χ3v) is 2.88. The Kier molecular flexibility index (Phi) is 5.88. The average molecular weight is 266 g/mol. The van der Waals surface area contributed by atoms with Gasteiger partial charge in [0.1, 0.15) is 11.5 Å². The topological polar surface area (TPSA) is 71.3 Å². The van der Waals surface area contributed by atoms with Crippen LogP contribution in [0.15, 0.2) is 18.2 Å². The number of hydrogen-bond donors (Lipinski definition) is 1. The summed E-state index contributed by atoms with van der Waals surface area (Å²) in [5.41, 5.74) is 0.584. The maximum atomic E-state index is 11.6. The van der Waals surface area contributed by atoms with Gasteiger partial charge in [0, 0.05) is 6.07 Å². The van der Waals surface area contributed by atoms with Crippen LogP contribution in [0, 0.1) is 11.3 Å². The van der Waals surface area contributed by atoms with Gasteiger partial charge in [-0.25, -0.2) is 0 Å². The average Bonchev–Trinajstić information content (AvgIpc) is 2.39. The number of hydrogen-bond acceptors (Lipinski definition) is 5. The molecule has 0 radical (unpaired) electrons. The number of amides is 1. The number of rotatable bonds is 6. The molecule has 1 N–H and O–H groups in total. The number of carbonyl (C=O) groups is 1. The Hall–Kier alpha value is -1.87. The minimum atomic E-state index is -0.168. The summed E-state index contributed by atoms with van der Waals surface area (Å²) in [6.07, 6.45) is 0. The molecule has 96 valence electrons. The molecular formula is C12H14N2O3S. The number of nitrogens with one attached hydrogen (secondary N) is 1. The molecule has 6 heteroatoms. The minimum Gasteiger partial charge on any atom is -0.497 e. The minimum absolute atomic E-state index is 0.168. The van der Waals surface area contributed by atoms with Crippen molar-refractivity contribution >= 4 is 23.4 Å². The lowest BCUT2D eigenvalue weighted by atomic mass is 10.2. The second-order valence-corrected chi connectivity index (χ2v) is 4.25. The van der Waals surface area contributed by atoms with Crippen molar-refractivity contribution in [3.05, 3.63) is 18.2 Å². The highest BCUT2D eigenvalue weighted by Crippen LogP contribution is 2.29. The highest BCUT2D eigenvalue weighted by atomic mass is 32.2. The van der Waals surface area contributed by atoms with Gasteiger partial charge >= 0.3 is 0 Å². The summed E-state index contributed by atoms with van der Waals surface area (Å²) >= 11 is 1.26. The van der Waals surface area contributed by atoms with Gasteiger partial charge in [-0.05, 0) is 12.1 Å². The van der Waals surface area contributed by atoms with Crippen LogP contribution in [0.2, 0.25) is 0 Å². The normalized spacial score (nSPS) is 9.39. The van der Waals surface area contributed by atoms with Gasteiger partial charge in [0.15, 0.2) is 0 Å². The molecule has 0 aliphatic rings. The summed E-state index contributed by atoms with van der Waals surface area (Å²) < 4.78 is 10.2. The molecule has 0 heterocycles. The Labute approximate surface area is 110 Å². The van der Waals surface area contributed by atoms with Crippen LogP contribution in [-0.2, 0) is 4.79 Å². The first-order chi connectivity index (χ1) is 8.71. The first kappa shape index (κ1) is 14.2. The number of ether oxygens (including phenoxy) is 2. The Morgan fingerprint density at radius 2 is 2.22 bits per heavy atom. The molecule has 0 spiro atoms. The molecule has 0 fully saturated rings. The zero-order valence-corrected chi connectivity index (χ0v) is 11.0. The van der Waals surface area contributed by atoms with Crippen molar-refractivity contribution in [2.45, 2.75) is 0 Å². The number of nitriles is 1. The van der Waals surface area contributed by atoms with Gasteiger partial charge in [-0.15, -0.1) is 11.8 Å². The first-order valence-corrected chi connectivity index (χ1v) is 6.33. The second-order valence-electron chi connectivity index (χ2n) is 3.27. The smallest absolute Gasteiger partial charge is 0.234 e. The van der Waals surface area contributed by atoms with E-state index in [1.165, 1.54) is 18.9 Å². The van der Waals surface area contributed by atoms with Crippen LogP contribution in [0.5, 0.6) is 11.5 Å². The highest BCUT2D eigenvalue weighted by Gasteiger charge is 2.08. The first-order valence-electron chi connectivity index (χ1n) is 5.17. The van der Waals surface area contributed by atoms with Gasteiger partial charge in [-0.2, -0.15) is 5.26 Å². The van der Waals surface area contributed by atoms with Gasteiger partial charge < -0.3 is 14.8 Å². The van der Waals surface area contributed by atoms with Gasteiger partial charge in [0.25, 0.3) is 0 Å². The quantitative estimate of drug-likeness (QED) is 0.796. The van der Waals surface area contributed by atoms with E-state index >= 15 is 0 Å². The lowest BCUT2D eigenvalue weighted by Crippen LogP contribution is -2.14. The third-order valence-electron chi connectivity index (χ3n) is 2.08. The summed E-state index contributed by atoms with van der Waals surface area (Å²) in [6, 6.07) is 7.11. The lowest BCUT2D eigenvalue weighted by molar-refractivity contribution is -0.113. The fraction of sp³-hybridized carbons (Fsp3) is 0.333. The van der Waals surface area contributed by atoms with Crippen molar-refractivity contribution in [1.82, 2.24) is 0 Å². The van der Waals surface area contributed by atoms with Crippen LogP contribution in [0.4, 0.5) is 5.69 Å². The molecule has 0 aliphatic carbocycles. The molecule has 1 aromatic rings. The van der Waals surface area contributed by atoms with E-state index in [-0.39, 0.29) is 11.7 Å². The van der Waals surface area contributed by atoms with Crippen LogP contribution >= 0.6 is 11.8 Å². The Bertz CT molecular complexity index is 457. The monoisotopic (exact) mass is 266 g/mol. The number of anilines is 1. The van der Waals surface area contributed by atoms with Gasteiger partial charge in [0.2, 0.25) is 5.91 Å². The molecule has 0 bridgehead atoms. The van der Waals surface area contributed by atoms with Gasteiger partial charge in [-0.1, -0.05) is 0 Å². The van der Waals surface area contributed by atoms with E-state index in [2.05, 4.69) is 5.32 Å². The van der Waals surface area contributed by atoms with E-state index in [1.807, 2.05) is 6.07 Å². The Morgan fingerprint density at radius 3 is 2.83 bits per heavy atom. The van der Waals surface area contributed by atoms with Crippen molar-refractivity contribution in [2.75, 3.05) is 31.0 Å². The molecule has 0 aromatic heterocycles. The number of methoxy groups -OCH3 is 2. The Balaban J connectivity index is 2.66. The molecule has 0 aliphatic heterocycles. The predicted molar refractivity (Wildman–Crippen MR) is 71.1 cm³/mol. The fourth-order valence-corrected chi connectivity index (χ4v) is 1.73. The molecule has 5 nitrogen and oxygen atoms in total. The van der Waals surface area contributed by atoms with E-state index in [0.29, 0.717) is 22.9 Å². The van der Waals surface area contributed by atoms with Crippen molar-refractivity contribution in [2.24, 2.45) is 0 Å². The molecule has 0 saturated heterocycles. The second kappa shape index (κ2) is 7.45. The molecule has 0 atom stereocenters. The largest absolute Gasteiger partial charge is 0.497 e. The molecule has 1 rings (SSSR count). The number of carbonyl (C=O) groups excluding carboxylic acids is 1. The van der Waals surface area contributed by atoms with Crippen molar-refractivity contribution in [1.29, 1.82) is 5.26 Å². The summed E-state index contributed by atoms with van der Waals surface area (Å²) in [4.78, 5) is 11.6. The summed E-state index contributed by atoms with van der Waals surface area (Å²) in [7, 11) is 3.08. The van der Waals surface area contributed by atoms with Crippen molar-refractivity contribution in [3.8, 4) is 17.6 Å². The fourth-order valence-electron chi connectivity index (χ4n) is 1.28. The maximum absolute atomic E-state index is 11.6. The van der Waals surface area contributed by atoms with Crippen LogP contribution in [0.3, 0.4) is 0 Å². The van der Waals surface area contributed by atoms with E-state index in [0.717, 1.165) is 0 Å². The SMILES string of the molecule is COc1ccc(NC(=O)CSCC#N)c(OC)c1. The Morgan fingerprint density at radius 1 is 1.44 bits per heavy atom. The van der Waals surface area contributed by atoms with Crippen LogP contribution in [-0.4, -0.2) is 31.6 Å². The van der Waals surface area contributed by atoms with E-state index < -0.39 is 0 Å². The number of benzene rings is 1. The van der Waals surface area contributed by atoms with Crippen LogP contribution in [0.1, 0.15) is 0 Å². The molecule has 1 aromatic carbocycles. The zero-order valence-electron chi connectivity index (χ0n) is 10.2. The number of thioether (sulfide) groups is 1. The zero-order chi connectivity index (χ0) is 13.4. The molecular weight excluding hydrogens is 252 g/mol. The predicted octanol–water partition coefficient (Wildman–Crippen LogP) is 1.90. The van der Waals surface area contributed by atoms with E-state index in [1.54, 1.807) is 25.3 Å². The van der Waals surface area contributed by atoms with Crippen molar-refractivity contribution in [3.63, 3.8) is 0 Å². The third kappa shape index (κ3) is 4.18. The standard InChI is InChI=1S/C12H14N2O3S/c1-16-9-3-4-10(11(7-9)17-2)14-12(15)8-18-6-5-13/h3-4,7H,6,8H2,1-2H3,(H,14,15). The van der Waals surface area contributed by atoms with Gasteiger partial charge in [-0.3, -0.25) is 4.79 Å². The molecule has 0 unspecified atom stereocenters. The highest BCUT2D eigenvalue weighted by molar-refractivity contribution is 8.00. The maximum Gasteiger partial charge on any atom is 0.234 e. The molecule has 0 saturated carbocycles. The van der Waals surface area contributed by atoms with Crippen LogP contribution in [0.25, 0.3) is 0 Å². The summed E-state index contributed by atoms with van der Waals surface area (Å²) in [5, 5.41) is 11.1. The van der Waals surface area contributed by atoms with E-state index in [9.17, 15) is 4.79 Å². The van der Waals surface area contributed by atoms with Crippen LogP contribution < -0.4 is 14.8 Å². The molecule has 1 amide bonds. The van der Waals surface area contributed by atoms with Gasteiger partial charge in [0.05, 0.1) is 37.5 Å². The lowest BCUT2D eigenvalue weighted by Gasteiger charge is -2.11. The summed E-state index contributed by atoms with van der Waals surface area (Å²) in [6.45, 7) is 0. The van der Waals surface area contributed by atoms with Crippen molar-refractivity contribution < 1.29 is 14.3 Å². The molecule has 18 heavy (non-hydrogen) atoms. The summed E-state index contributed by atoms with van der Waals surface area (Å²) in [5.74, 6) is 1.56.